The Morgan fingerprint density at radius 3 is 2.52 bits per heavy atom. The smallest absolute Gasteiger partial charge is 0.257 e. The number of carbonyl (C=O) groups is 1. The molecule has 2 N–H and O–H groups in total. The Morgan fingerprint density at radius 2 is 1.76 bits per heavy atom. The molecule has 3 aromatic carbocycles. The molecule has 3 aromatic rings. The highest BCUT2D eigenvalue weighted by molar-refractivity contribution is 7.93. The summed E-state index contributed by atoms with van der Waals surface area (Å²) in [6.07, 6.45) is 1.28. The maximum absolute atomic E-state index is 13.1. The third-order valence-corrected chi connectivity index (χ3v) is 6.65. The molecule has 0 radical (unpaired) electrons. The molecule has 0 heterocycles. The number of hydrogen-bond donors (Lipinski definition) is 2. The lowest BCUT2D eigenvalue weighted by Crippen LogP contribution is -2.21. The number of fused-ring (bicyclic) bond motifs is 1. The van der Waals surface area contributed by atoms with Crippen molar-refractivity contribution in [2.24, 2.45) is 0 Å². The molecule has 4 rings (SSSR count). The van der Waals surface area contributed by atoms with E-state index in [-0.39, 0.29) is 5.56 Å². The van der Waals surface area contributed by atoms with Crippen molar-refractivity contribution in [3.05, 3.63) is 66.2 Å². The van der Waals surface area contributed by atoms with E-state index in [0.29, 0.717) is 42.0 Å². The fourth-order valence-electron chi connectivity index (χ4n) is 3.22. The molecule has 0 saturated heterocycles. The van der Waals surface area contributed by atoms with Crippen LogP contribution in [0.5, 0.6) is 5.75 Å². The molecule has 1 amide bonds. The molecule has 1 fully saturated rings. The lowest BCUT2D eigenvalue weighted by atomic mass is 10.0. The van der Waals surface area contributed by atoms with Gasteiger partial charge in [-0.15, -0.1) is 0 Å². The van der Waals surface area contributed by atoms with Crippen molar-refractivity contribution >= 4 is 38.1 Å². The van der Waals surface area contributed by atoms with Crippen LogP contribution in [0.4, 0.5) is 11.4 Å². The Morgan fingerprint density at radius 1 is 1.03 bits per heavy atom. The molecule has 6 nitrogen and oxygen atoms in total. The van der Waals surface area contributed by atoms with Gasteiger partial charge in [-0.1, -0.05) is 42.5 Å². The van der Waals surface area contributed by atoms with E-state index in [1.807, 2.05) is 43.3 Å². The van der Waals surface area contributed by atoms with Crippen molar-refractivity contribution in [2.75, 3.05) is 16.6 Å². The number of nitrogens with one attached hydrogen (secondary N) is 2. The third-order valence-electron chi connectivity index (χ3n) is 4.82. The molecule has 0 atom stereocenters. The number of ether oxygens (including phenoxy) is 1. The molecule has 1 aliphatic carbocycles. The lowest BCUT2D eigenvalue weighted by Gasteiger charge is -2.16. The normalized spacial score (nSPS) is 13.8. The quantitative estimate of drug-likeness (QED) is 0.605. The molecule has 150 valence electrons. The van der Waals surface area contributed by atoms with Crippen LogP contribution < -0.4 is 14.8 Å². The maximum atomic E-state index is 13.1. The molecule has 0 spiro atoms. The van der Waals surface area contributed by atoms with Crippen LogP contribution in [0.1, 0.15) is 30.1 Å². The van der Waals surface area contributed by atoms with Crippen LogP contribution in [0.15, 0.2) is 60.7 Å². The SMILES string of the molecule is CCOc1ccccc1NC(=O)c1ccc2ccccc2c1NS(=O)(=O)C1CC1. The minimum Gasteiger partial charge on any atom is -0.492 e. The number of rotatable bonds is 7. The van der Waals surface area contributed by atoms with Crippen LogP contribution >= 0.6 is 0 Å². The van der Waals surface area contributed by atoms with Gasteiger partial charge < -0.3 is 10.1 Å². The second-order valence-corrected chi connectivity index (χ2v) is 8.90. The van der Waals surface area contributed by atoms with Crippen LogP contribution in [-0.4, -0.2) is 26.2 Å². The van der Waals surface area contributed by atoms with Gasteiger partial charge in [0, 0.05) is 5.39 Å². The molecule has 1 aliphatic rings. The summed E-state index contributed by atoms with van der Waals surface area (Å²) in [6.45, 7) is 2.34. The van der Waals surface area contributed by atoms with Crippen molar-refractivity contribution in [1.82, 2.24) is 0 Å². The van der Waals surface area contributed by atoms with E-state index < -0.39 is 21.2 Å². The number of amides is 1. The number of benzene rings is 3. The van der Waals surface area contributed by atoms with Crippen LogP contribution in [0, 0.1) is 0 Å². The Bertz CT molecular complexity index is 1170. The van der Waals surface area contributed by atoms with Gasteiger partial charge >= 0.3 is 0 Å². The first-order valence-electron chi connectivity index (χ1n) is 9.56. The highest BCUT2D eigenvalue weighted by atomic mass is 32.2. The van der Waals surface area contributed by atoms with Gasteiger partial charge in [-0.3, -0.25) is 9.52 Å². The summed E-state index contributed by atoms with van der Waals surface area (Å²) in [5.41, 5.74) is 1.10. The first-order chi connectivity index (χ1) is 14.0. The van der Waals surface area contributed by atoms with E-state index in [4.69, 9.17) is 4.74 Å². The lowest BCUT2D eigenvalue weighted by molar-refractivity contribution is 0.102. The fourth-order valence-corrected chi connectivity index (χ4v) is 4.64. The summed E-state index contributed by atoms with van der Waals surface area (Å²) >= 11 is 0. The predicted octanol–water partition coefficient (Wildman–Crippen LogP) is 4.39. The van der Waals surface area contributed by atoms with Gasteiger partial charge in [0.15, 0.2) is 0 Å². The molecule has 0 unspecified atom stereocenters. The predicted molar refractivity (Wildman–Crippen MR) is 115 cm³/mol. The summed E-state index contributed by atoms with van der Waals surface area (Å²) in [5.74, 6) is 0.153. The Labute approximate surface area is 169 Å². The molecule has 1 saturated carbocycles. The summed E-state index contributed by atoms with van der Waals surface area (Å²) in [7, 11) is -3.53. The molecular formula is C22H22N2O4S. The first kappa shape index (κ1) is 19.3. The molecule has 0 aromatic heterocycles. The number of carbonyl (C=O) groups excluding carboxylic acids is 1. The van der Waals surface area contributed by atoms with Crippen LogP contribution in [0.2, 0.25) is 0 Å². The number of anilines is 2. The first-order valence-corrected chi connectivity index (χ1v) is 11.1. The van der Waals surface area contributed by atoms with E-state index >= 15 is 0 Å². The number of hydrogen-bond acceptors (Lipinski definition) is 4. The molecular weight excluding hydrogens is 388 g/mol. The topological polar surface area (TPSA) is 84.5 Å². The third kappa shape index (κ3) is 4.05. The van der Waals surface area contributed by atoms with E-state index in [9.17, 15) is 13.2 Å². The van der Waals surface area contributed by atoms with Crippen molar-refractivity contribution < 1.29 is 17.9 Å². The monoisotopic (exact) mass is 410 g/mol. The molecule has 0 aliphatic heterocycles. The van der Waals surface area contributed by atoms with Crippen molar-refractivity contribution in [2.45, 2.75) is 25.0 Å². The Balaban J connectivity index is 1.75. The van der Waals surface area contributed by atoms with Gasteiger partial charge in [-0.05, 0) is 43.4 Å². The van der Waals surface area contributed by atoms with Gasteiger partial charge in [0.2, 0.25) is 10.0 Å². The largest absolute Gasteiger partial charge is 0.492 e. The summed E-state index contributed by atoms with van der Waals surface area (Å²) < 4.78 is 33.5. The van der Waals surface area contributed by atoms with Crippen LogP contribution in [0.25, 0.3) is 10.8 Å². The van der Waals surface area contributed by atoms with E-state index in [2.05, 4.69) is 10.0 Å². The molecule has 29 heavy (non-hydrogen) atoms. The van der Waals surface area contributed by atoms with Gasteiger partial charge in [0.05, 0.1) is 28.8 Å². The minimum absolute atomic E-state index is 0.263. The van der Waals surface area contributed by atoms with Crippen LogP contribution in [-0.2, 0) is 10.0 Å². The van der Waals surface area contributed by atoms with Gasteiger partial charge in [0.1, 0.15) is 5.75 Å². The Hall–Kier alpha value is -3.06. The summed E-state index contributed by atoms with van der Waals surface area (Å²) in [6, 6.07) is 18.0. The zero-order valence-electron chi connectivity index (χ0n) is 16.0. The zero-order valence-corrected chi connectivity index (χ0v) is 16.8. The van der Waals surface area contributed by atoms with E-state index in [0.717, 1.165) is 5.39 Å². The minimum atomic E-state index is -3.53. The second kappa shape index (κ2) is 7.75. The number of sulfonamides is 1. The Kier molecular flexibility index (Phi) is 5.15. The van der Waals surface area contributed by atoms with E-state index in [1.165, 1.54) is 0 Å². The molecule has 0 bridgehead atoms. The van der Waals surface area contributed by atoms with Crippen LogP contribution in [0.3, 0.4) is 0 Å². The highest BCUT2D eigenvalue weighted by Gasteiger charge is 2.36. The van der Waals surface area contributed by atoms with Crippen molar-refractivity contribution in [1.29, 1.82) is 0 Å². The van der Waals surface area contributed by atoms with Crippen molar-refractivity contribution in [3.8, 4) is 5.75 Å². The number of para-hydroxylation sites is 2. The highest BCUT2D eigenvalue weighted by Crippen LogP contribution is 2.34. The average Bonchev–Trinajstić information content (AvgIpc) is 3.56. The van der Waals surface area contributed by atoms with Crippen molar-refractivity contribution in [3.63, 3.8) is 0 Å². The fraction of sp³-hybridized carbons (Fsp3) is 0.227. The average molecular weight is 410 g/mol. The zero-order chi connectivity index (χ0) is 20.4. The van der Waals surface area contributed by atoms with Gasteiger partial charge in [-0.2, -0.15) is 0 Å². The second-order valence-electron chi connectivity index (χ2n) is 6.94. The maximum Gasteiger partial charge on any atom is 0.257 e. The van der Waals surface area contributed by atoms with E-state index in [1.54, 1.807) is 24.3 Å². The summed E-state index contributed by atoms with van der Waals surface area (Å²) in [5, 5.41) is 3.99. The standard InChI is InChI=1S/C22H22N2O4S/c1-2-28-20-10-6-5-9-19(20)23-22(25)18-14-11-15-7-3-4-8-17(15)21(18)24-29(26,27)16-12-13-16/h3-11,14,16,24H,2,12-13H2,1H3,(H,23,25). The van der Waals surface area contributed by atoms with Gasteiger partial charge in [0.25, 0.3) is 5.91 Å². The van der Waals surface area contributed by atoms with Gasteiger partial charge in [-0.25, -0.2) is 8.42 Å². The molecule has 7 heteroatoms. The summed E-state index contributed by atoms with van der Waals surface area (Å²) in [4.78, 5) is 13.1.